The van der Waals surface area contributed by atoms with Crippen molar-refractivity contribution in [3.05, 3.63) is 35.6 Å². The molecule has 2 nitrogen and oxygen atoms in total. The second kappa shape index (κ2) is 7.72. The Bertz CT molecular complexity index is 384. The Hall–Kier alpha value is -0.780. The van der Waals surface area contributed by atoms with Crippen LogP contribution in [-0.2, 0) is 0 Å². The van der Waals surface area contributed by atoms with Crippen molar-refractivity contribution in [3.8, 4) is 0 Å². The van der Waals surface area contributed by atoms with E-state index in [-0.39, 0.29) is 18.8 Å². The Morgan fingerprint density at radius 3 is 2.37 bits per heavy atom. The molecule has 0 aromatic heterocycles. The van der Waals surface area contributed by atoms with Gasteiger partial charge in [0.25, 0.3) is 0 Å². The molecule has 1 aliphatic heterocycles. The van der Waals surface area contributed by atoms with Gasteiger partial charge in [-0.15, -0.1) is 12.4 Å². The smallest absolute Gasteiger partial charge is 0.240 e. The van der Waals surface area contributed by atoms with Gasteiger partial charge >= 0.3 is 0 Å². The number of halogens is 4. The van der Waals surface area contributed by atoms with Crippen LogP contribution in [0.3, 0.4) is 0 Å². The lowest BCUT2D eigenvalue weighted by atomic mass is 10.0. The number of alkyl halides is 2. The van der Waals surface area contributed by atoms with Gasteiger partial charge in [0.2, 0.25) is 6.43 Å². The molecule has 1 fully saturated rings. The molecule has 1 N–H and O–H groups in total. The van der Waals surface area contributed by atoms with E-state index in [4.69, 9.17) is 0 Å². The van der Waals surface area contributed by atoms with Crippen LogP contribution >= 0.6 is 12.4 Å². The van der Waals surface area contributed by atoms with Crippen LogP contribution < -0.4 is 5.32 Å². The van der Waals surface area contributed by atoms with Crippen LogP contribution in [0, 0.1) is 5.82 Å². The van der Waals surface area contributed by atoms with E-state index in [9.17, 15) is 13.2 Å². The highest BCUT2D eigenvalue weighted by molar-refractivity contribution is 5.85. The highest BCUT2D eigenvalue weighted by Crippen LogP contribution is 2.29. The molecule has 1 aliphatic rings. The molecule has 0 bridgehead atoms. The van der Waals surface area contributed by atoms with Gasteiger partial charge in [-0.25, -0.2) is 13.2 Å². The van der Waals surface area contributed by atoms with Crippen LogP contribution in [0.4, 0.5) is 13.2 Å². The van der Waals surface area contributed by atoms with Crippen molar-refractivity contribution in [2.24, 2.45) is 0 Å². The molecule has 0 radical (unpaired) electrons. The highest BCUT2D eigenvalue weighted by atomic mass is 35.5. The van der Waals surface area contributed by atoms with Crippen molar-refractivity contribution < 1.29 is 13.2 Å². The second-order valence-electron chi connectivity index (χ2n) is 4.45. The van der Waals surface area contributed by atoms with E-state index in [1.165, 1.54) is 6.07 Å². The molecule has 0 aliphatic carbocycles. The van der Waals surface area contributed by atoms with Crippen LogP contribution in [0.2, 0.25) is 0 Å². The fourth-order valence-corrected chi connectivity index (χ4v) is 2.38. The van der Waals surface area contributed by atoms with Crippen LogP contribution in [0.15, 0.2) is 24.3 Å². The van der Waals surface area contributed by atoms with E-state index >= 15 is 0 Å². The van der Waals surface area contributed by atoms with Crippen LogP contribution in [0.5, 0.6) is 0 Å². The van der Waals surface area contributed by atoms with Crippen molar-refractivity contribution >= 4 is 12.4 Å². The van der Waals surface area contributed by atoms with Gasteiger partial charge in [0.15, 0.2) is 0 Å². The molecule has 2 rings (SSSR count). The Morgan fingerprint density at radius 2 is 1.79 bits per heavy atom. The third-order valence-electron chi connectivity index (χ3n) is 3.26. The van der Waals surface area contributed by atoms with Crippen molar-refractivity contribution in [3.63, 3.8) is 0 Å². The van der Waals surface area contributed by atoms with Crippen LogP contribution in [0.1, 0.15) is 18.0 Å². The molecular formula is C13H18ClF3N2. The van der Waals surface area contributed by atoms with Gasteiger partial charge < -0.3 is 5.32 Å². The molecule has 108 valence electrons. The Labute approximate surface area is 117 Å². The number of hydrogen-bond donors (Lipinski definition) is 1. The minimum absolute atomic E-state index is 0. The first-order valence-electron chi connectivity index (χ1n) is 6.16. The number of nitrogens with zero attached hydrogens (tertiary/aromatic N) is 1. The molecule has 19 heavy (non-hydrogen) atoms. The molecule has 1 heterocycles. The largest absolute Gasteiger partial charge is 0.314 e. The number of nitrogens with one attached hydrogen (secondary N) is 1. The highest BCUT2D eigenvalue weighted by Gasteiger charge is 2.27. The lowest BCUT2D eigenvalue weighted by Gasteiger charge is -2.35. The summed E-state index contributed by atoms with van der Waals surface area (Å²) in [5, 5.41) is 3.17. The summed E-state index contributed by atoms with van der Waals surface area (Å²) < 4.78 is 39.1. The predicted octanol–water partition coefficient (Wildman–Crippen LogP) is 2.85. The summed E-state index contributed by atoms with van der Waals surface area (Å²) >= 11 is 0. The fourth-order valence-electron chi connectivity index (χ4n) is 2.38. The predicted molar refractivity (Wildman–Crippen MR) is 71.5 cm³/mol. The Morgan fingerprint density at radius 1 is 1.16 bits per heavy atom. The lowest BCUT2D eigenvalue weighted by Crippen LogP contribution is -2.45. The van der Waals surface area contributed by atoms with E-state index in [1.807, 2.05) is 4.90 Å². The molecule has 1 atom stereocenters. The molecule has 6 heteroatoms. The lowest BCUT2D eigenvalue weighted by molar-refractivity contribution is 0.0725. The van der Waals surface area contributed by atoms with E-state index in [0.717, 1.165) is 13.1 Å². The van der Waals surface area contributed by atoms with Gasteiger partial charge in [-0.05, 0) is 6.07 Å². The number of piperazine rings is 1. The average molecular weight is 295 g/mol. The minimum Gasteiger partial charge on any atom is -0.314 e. The molecule has 0 unspecified atom stereocenters. The summed E-state index contributed by atoms with van der Waals surface area (Å²) in [5.41, 5.74) is 0.375. The summed E-state index contributed by atoms with van der Waals surface area (Å²) in [6, 6.07) is 5.67. The zero-order valence-electron chi connectivity index (χ0n) is 10.5. The third-order valence-corrected chi connectivity index (χ3v) is 3.26. The maximum absolute atomic E-state index is 13.8. The summed E-state index contributed by atoms with van der Waals surface area (Å²) in [6.07, 6.45) is -2.74. The van der Waals surface area contributed by atoms with Crippen molar-refractivity contribution in [2.45, 2.75) is 18.9 Å². The van der Waals surface area contributed by atoms with Gasteiger partial charge in [-0.2, -0.15) is 0 Å². The second-order valence-corrected chi connectivity index (χ2v) is 4.45. The van der Waals surface area contributed by atoms with Crippen LogP contribution in [0.25, 0.3) is 0 Å². The Balaban J connectivity index is 0.00000180. The quantitative estimate of drug-likeness (QED) is 0.919. The van der Waals surface area contributed by atoms with Crippen molar-refractivity contribution in [1.82, 2.24) is 10.2 Å². The van der Waals surface area contributed by atoms with E-state index in [1.54, 1.807) is 18.2 Å². The van der Waals surface area contributed by atoms with Gasteiger partial charge in [0, 0.05) is 44.2 Å². The van der Waals surface area contributed by atoms with Gasteiger partial charge in [-0.1, -0.05) is 18.2 Å². The van der Waals surface area contributed by atoms with E-state index < -0.39 is 18.3 Å². The number of hydrogen-bond acceptors (Lipinski definition) is 2. The van der Waals surface area contributed by atoms with Crippen molar-refractivity contribution in [2.75, 3.05) is 26.2 Å². The average Bonchev–Trinajstić information content (AvgIpc) is 2.38. The zero-order valence-corrected chi connectivity index (χ0v) is 11.3. The van der Waals surface area contributed by atoms with Gasteiger partial charge in [0.05, 0.1) is 0 Å². The maximum atomic E-state index is 13.8. The molecule has 0 saturated carbocycles. The zero-order chi connectivity index (χ0) is 13.0. The van der Waals surface area contributed by atoms with E-state index in [0.29, 0.717) is 18.7 Å². The topological polar surface area (TPSA) is 15.3 Å². The van der Waals surface area contributed by atoms with Gasteiger partial charge in [-0.3, -0.25) is 4.90 Å². The summed E-state index contributed by atoms with van der Waals surface area (Å²) in [6.45, 7) is 2.86. The molecule has 0 amide bonds. The first-order chi connectivity index (χ1) is 8.68. The first kappa shape index (κ1) is 16.3. The first-order valence-corrected chi connectivity index (χ1v) is 6.16. The molecular weight excluding hydrogens is 277 g/mol. The fraction of sp³-hybridized carbons (Fsp3) is 0.538. The molecule has 1 aromatic rings. The standard InChI is InChI=1S/C13H17F3N2.ClH/c14-11-4-2-1-3-10(11)12(9-13(15)16)18-7-5-17-6-8-18;/h1-4,12-13,17H,5-9H2;1H/t12-;/m0./s1. The summed E-state index contributed by atoms with van der Waals surface area (Å²) in [7, 11) is 0. The van der Waals surface area contributed by atoms with E-state index in [2.05, 4.69) is 5.32 Å². The monoisotopic (exact) mass is 294 g/mol. The minimum atomic E-state index is -2.43. The summed E-state index contributed by atoms with van der Waals surface area (Å²) in [4.78, 5) is 1.93. The van der Waals surface area contributed by atoms with Gasteiger partial charge in [0.1, 0.15) is 5.82 Å². The number of rotatable bonds is 4. The Kier molecular flexibility index (Phi) is 6.62. The maximum Gasteiger partial charge on any atom is 0.240 e. The third kappa shape index (κ3) is 4.37. The van der Waals surface area contributed by atoms with Crippen molar-refractivity contribution in [1.29, 1.82) is 0 Å². The summed E-state index contributed by atoms with van der Waals surface area (Å²) in [5.74, 6) is -0.401. The van der Waals surface area contributed by atoms with Crippen LogP contribution in [-0.4, -0.2) is 37.5 Å². The normalized spacial score (nSPS) is 18.1. The number of benzene rings is 1. The molecule has 0 spiro atoms. The molecule has 1 aromatic carbocycles. The molecule has 1 saturated heterocycles. The SMILES string of the molecule is Cl.Fc1ccccc1[C@H](CC(F)F)N1CCNCC1.